The largest absolute Gasteiger partial charge is 0.345 e. The van der Waals surface area contributed by atoms with Crippen LogP contribution in [0.15, 0.2) is 24.0 Å². The second-order valence-corrected chi connectivity index (χ2v) is 4.51. The summed E-state index contributed by atoms with van der Waals surface area (Å²) in [6.45, 7) is 0.581. The zero-order valence-electron chi connectivity index (χ0n) is 10.4. The van der Waals surface area contributed by atoms with E-state index in [1.807, 2.05) is 0 Å². The minimum Gasteiger partial charge on any atom is -0.345 e. The second kappa shape index (κ2) is 4.80. The van der Waals surface area contributed by atoms with Crippen LogP contribution in [0.2, 0.25) is 0 Å². The average Bonchev–Trinajstić information content (AvgIpc) is 2.66. The van der Waals surface area contributed by atoms with Crippen LogP contribution in [-0.4, -0.2) is 48.5 Å². The van der Waals surface area contributed by atoms with E-state index in [-0.39, 0.29) is 11.8 Å². The maximum atomic E-state index is 13.4. The molecule has 18 heavy (non-hydrogen) atoms. The summed E-state index contributed by atoms with van der Waals surface area (Å²) in [5.41, 5.74) is 0. The zero-order valence-corrected chi connectivity index (χ0v) is 10.4. The molecule has 5 nitrogen and oxygen atoms in total. The molecule has 2 heterocycles. The molecular formula is C12H16FN3O2. The number of allylic oxidation sites excluding steroid dienone is 2. The Morgan fingerprint density at radius 2 is 2.22 bits per heavy atom. The predicted molar refractivity (Wildman–Crippen MR) is 63.8 cm³/mol. The molecule has 2 aliphatic heterocycles. The van der Waals surface area contributed by atoms with E-state index >= 15 is 0 Å². The normalized spacial score (nSPS) is 27.5. The Hall–Kier alpha value is -1.85. The van der Waals surface area contributed by atoms with Crippen LogP contribution in [0.5, 0.6) is 0 Å². The first kappa shape index (κ1) is 12.6. The summed E-state index contributed by atoms with van der Waals surface area (Å²) in [6.07, 6.45) is 3.78. The lowest BCUT2D eigenvalue weighted by Gasteiger charge is -2.27. The number of likely N-dealkylation sites (N-methyl/N-ethyl adjacent to an activating group) is 1. The Morgan fingerprint density at radius 3 is 2.83 bits per heavy atom. The van der Waals surface area contributed by atoms with E-state index in [9.17, 15) is 14.0 Å². The number of hydrogen-bond donors (Lipinski definition) is 1. The number of carbonyl (C=O) groups excluding carboxylic acids is 2. The second-order valence-electron chi connectivity index (χ2n) is 4.51. The maximum Gasteiger partial charge on any atom is 0.238 e. The summed E-state index contributed by atoms with van der Waals surface area (Å²) in [6, 6.07) is 0. The first-order valence-electron chi connectivity index (χ1n) is 5.82. The van der Waals surface area contributed by atoms with Gasteiger partial charge in [0.15, 0.2) is 6.30 Å². The maximum absolute atomic E-state index is 13.4. The molecule has 0 aromatic rings. The fraction of sp³-hybridized carbons (Fsp3) is 0.500. The minimum absolute atomic E-state index is 0.182. The van der Waals surface area contributed by atoms with Crippen molar-refractivity contribution in [1.29, 1.82) is 0 Å². The Bertz CT molecular complexity index is 433. The van der Waals surface area contributed by atoms with Gasteiger partial charge in [0.2, 0.25) is 11.8 Å². The average molecular weight is 253 g/mol. The number of hydrogen-bond acceptors (Lipinski definition) is 3. The standard InChI is InChI=1S/C12H16FN3O2/c1-15-7-6-8(12(15)18)11(17)14-10-5-3-4-9(13)16(10)2/h3-5,8-9H,6-7H2,1-2H3,(H,14,17)/t8-,9?/m0/s1. The number of nitrogens with one attached hydrogen (secondary N) is 1. The smallest absolute Gasteiger partial charge is 0.238 e. The Balaban J connectivity index is 2.02. The van der Waals surface area contributed by atoms with E-state index in [1.54, 1.807) is 26.2 Å². The summed E-state index contributed by atoms with van der Waals surface area (Å²) < 4.78 is 13.4. The SMILES string of the molecule is CN1CC[C@@H](C(=O)NC2=CC=CC(F)N2C)C1=O. The highest BCUT2D eigenvalue weighted by Gasteiger charge is 2.35. The van der Waals surface area contributed by atoms with E-state index in [1.165, 1.54) is 15.9 Å². The summed E-state index contributed by atoms with van der Waals surface area (Å²) >= 11 is 0. The Labute approximate surface area is 105 Å². The van der Waals surface area contributed by atoms with Crippen molar-refractivity contribution in [1.82, 2.24) is 15.1 Å². The molecule has 0 aromatic heterocycles. The van der Waals surface area contributed by atoms with E-state index in [0.29, 0.717) is 18.8 Å². The molecule has 0 spiro atoms. The molecule has 2 rings (SSSR count). The van der Waals surface area contributed by atoms with E-state index < -0.39 is 12.2 Å². The number of alkyl halides is 1. The molecule has 6 heteroatoms. The lowest BCUT2D eigenvalue weighted by molar-refractivity contribution is -0.136. The molecule has 2 amide bonds. The van der Waals surface area contributed by atoms with Crippen LogP contribution in [0.3, 0.4) is 0 Å². The van der Waals surface area contributed by atoms with Gasteiger partial charge in [0.05, 0.1) is 0 Å². The quantitative estimate of drug-likeness (QED) is 0.566. The Morgan fingerprint density at radius 1 is 1.50 bits per heavy atom. The third-order valence-electron chi connectivity index (χ3n) is 3.27. The monoisotopic (exact) mass is 253 g/mol. The molecule has 2 aliphatic rings. The van der Waals surface area contributed by atoms with Crippen molar-refractivity contribution in [2.45, 2.75) is 12.7 Å². The van der Waals surface area contributed by atoms with Gasteiger partial charge in [-0.25, -0.2) is 4.39 Å². The molecule has 0 aromatic carbocycles. The zero-order chi connectivity index (χ0) is 13.3. The molecular weight excluding hydrogens is 237 g/mol. The lowest BCUT2D eigenvalue weighted by atomic mass is 10.1. The van der Waals surface area contributed by atoms with Crippen LogP contribution in [-0.2, 0) is 9.59 Å². The van der Waals surface area contributed by atoms with Crippen LogP contribution in [0.4, 0.5) is 4.39 Å². The number of carbonyl (C=O) groups is 2. The molecule has 1 saturated heterocycles. The number of likely N-dealkylation sites (tertiary alicyclic amines) is 1. The van der Waals surface area contributed by atoms with E-state index in [4.69, 9.17) is 0 Å². The van der Waals surface area contributed by atoms with Crippen LogP contribution >= 0.6 is 0 Å². The van der Waals surface area contributed by atoms with Crippen molar-refractivity contribution in [3.8, 4) is 0 Å². The van der Waals surface area contributed by atoms with Crippen LogP contribution in [0, 0.1) is 5.92 Å². The summed E-state index contributed by atoms with van der Waals surface area (Å²) in [5.74, 6) is -0.838. The molecule has 1 unspecified atom stereocenters. The molecule has 0 radical (unpaired) electrons. The number of halogens is 1. The van der Waals surface area contributed by atoms with Crippen molar-refractivity contribution in [3.63, 3.8) is 0 Å². The topological polar surface area (TPSA) is 52.7 Å². The molecule has 0 saturated carbocycles. The lowest BCUT2D eigenvalue weighted by Crippen LogP contribution is -2.42. The van der Waals surface area contributed by atoms with Crippen LogP contribution < -0.4 is 5.32 Å². The van der Waals surface area contributed by atoms with Gasteiger partial charge >= 0.3 is 0 Å². The van der Waals surface area contributed by atoms with Gasteiger partial charge in [-0.1, -0.05) is 6.08 Å². The van der Waals surface area contributed by atoms with E-state index in [0.717, 1.165) is 0 Å². The first-order chi connectivity index (χ1) is 8.50. The molecule has 98 valence electrons. The third kappa shape index (κ3) is 2.23. The van der Waals surface area contributed by atoms with Crippen molar-refractivity contribution in [2.75, 3.05) is 20.6 Å². The highest BCUT2D eigenvalue weighted by molar-refractivity contribution is 6.02. The molecule has 2 atom stereocenters. The predicted octanol–water partition coefficient (Wildman–Crippen LogP) is 0.220. The molecule has 0 bridgehead atoms. The van der Waals surface area contributed by atoms with Crippen LogP contribution in [0.25, 0.3) is 0 Å². The first-order valence-corrected chi connectivity index (χ1v) is 5.82. The van der Waals surface area contributed by atoms with Crippen LogP contribution in [0.1, 0.15) is 6.42 Å². The number of nitrogens with zero attached hydrogens (tertiary/aromatic N) is 2. The van der Waals surface area contributed by atoms with Gasteiger partial charge in [-0.2, -0.15) is 0 Å². The molecule has 1 fully saturated rings. The van der Waals surface area contributed by atoms with Crippen molar-refractivity contribution >= 4 is 11.8 Å². The van der Waals surface area contributed by atoms with Gasteiger partial charge < -0.3 is 15.1 Å². The number of amides is 2. The fourth-order valence-electron chi connectivity index (χ4n) is 2.03. The summed E-state index contributed by atoms with van der Waals surface area (Å²) in [5, 5.41) is 2.60. The Kier molecular flexibility index (Phi) is 3.36. The minimum atomic E-state index is -1.26. The van der Waals surface area contributed by atoms with E-state index in [2.05, 4.69) is 5.32 Å². The van der Waals surface area contributed by atoms with Gasteiger partial charge in [0.25, 0.3) is 0 Å². The van der Waals surface area contributed by atoms with Crippen molar-refractivity contribution < 1.29 is 14.0 Å². The highest BCUT2D eigenvalue weighted by atomic mass is 19.1. The molecule has 0 aliphatic carbocycles. The summed E-state index contributed by atoms with van der Waals surface area (Å²) in [7, 11) is 3.21. The summed E-state index contributed by atoms with van der Waals surface area (Å²) in [4.78, 5) is 26.5. The van der Waals surface area contributed by atoms with Gasteiger partial charge in [-0.3, -0.25) is 9.59 Å². The van der Waals surface area contributed by atoms with Crippen molar-refractivity contribution in [2.24, 2.45) is 5.92 Å². The highest BCUT2D eigenvalue weighted by Crippen LogP contribution is 2.18. The van der Waals surface area contributed by atoms with Crippen molar-refractivity contribution in [3.05, 3.63) is 24.0 Å². The fourth-order valence-corrected chi connectivity index (χ4v) is 2.03. The van der Waals surface area contributed by atoms with Gasteiger partial charge in [0.1, 0.15) is 11.7 Å². The van der Waals surface area contributed by atoms with Gasteiger partial charge in [-0.05, 0) is 18.6 Å². The number of rotatable bonds is 2. The van der Waals surface area contributed by atoms with Gasteiger partial charge in [0, 0.05) is 20.6 Å². The third-order valence-corrected chi connectivity index (χ3v) is 3.27. The van der Waals surface area contributed by atoms with Gasteiger partial charge in [-0.15, -0.1) is 0 Å². The molecule has 1 N–H and O–H groups in total.